The van der Waals surface area contributed by atoms with E-state index in [9.17, 15) is 15.0 Å². The Morgan fingerprint density at radius 1 is 0.917 bits per heavy atom. The Morgan fingerprint density at radius 2 is 1.68 bits per heavy atom. The van der Waals surface area contributed by atoms with Crippen molar-refractivity contribution in [1.82, 2.24) is 4.90 Å². The average molecular weight is 817 g/mol. The number of aliphatic hydroxyl groups is 2. The minimum absolute atomic E-state index is 0.0526. The SMILES string of the molecule is C=CCOC12Oc3ccc(Oc4ccc5ccccc5c4)cc3C3C(CCCCO)C(CCCCO)C=C(C(=NOC)CC1N(CCC)C(=O)Cc1cccc(OC)c1)C32. The first-order valence-electron chi connectivity index (χ1n) is 21.6. The molecule has 1 aliphatic heterocycles. The van der Waals surface area contributed by atoms with Crippen molar-refractivity contribution >= 4 is 22.4 Å². The van der Waals surface area contributed by atoms with Crippen LogP contribution in [0.5, 0.6) is 23.0 Å². The topological polar surface area (TPSA) is 119 Å². The molecule has 1 heterocycles. The van der Waals surface area contributed by atoms with Crippen molar-refractivity contribution in [3.05, 3.63) is 120 Å². The van der Waals surface area contributed by atoms with Crippen LogP contribution >= 0.6 is 0 Å². The fourth-order valence-electron chi connectivity index (χ4n) is 9.94. The van der Waals surface area contributed by atoms with Crippen LogP contribution in [0, 0.1) is 17.8 Å². The molecule has 0 aromatic heterocycles. The standard InChI is InChI=1S/C50H60N2O8/c1-5-24-52(47(55)29-34-14-13-18-38(28-34)56-3)46-33-44(51-57-4)42-31-37(17-9-11-25-53)41(19-10-12-26-54)48-43-32-40(59-39-21-20-35-15-7-8-16-36(35)30-39)22-23-45(43)60-50(46,49(42)48)58-27-6-2/h6-8,13-16,18,20-23,28,30-32,37,41,46,48-49,53-54H,2,5,9-12,17,19,24-27,29,33H2,1,3-4H3. The second-order valence-electron chi connectivity index (χ2n) is 16.2. The van der Waals surface area contributed by atoms with E-state index in [0.29, 0.717) is 49.5 Å². The van der Waals surface area contributed by atoms with Gasteiger partial charge in [-0.2, -0.15) is 0 Å². The number of aliphatic hydroxyl groups excluding tert-OH is 2. The molecule has 4 aromatic rings. The predicted molar refractivity (Wildman–Crippen MR) is 235 cm³/mol. The lowest BCUT2D eigenvalue weighted by atomic mass is 9.55. The third-order valence-electron chi connectivity index (χ3n) is 12.5. The van der Waals surface area contributed by atoms with E-state index in [0.717, 1.165) is 64.6 Å². The van der Waals surface area contributed by atoms with Crippen LogP contribution in [0.1, 0.15) is 75.3 Å². The monoisotopic (exact) mass is 816 g/mol. The van der Waals surface area contributed by atoms with Gasteiger partial charge in [-0.05, 0) is 108 Å². The molecule has 2 N–H and O–H groups in total. The van der Waals surface area contributed by atoms with Gasteiger partial charge in [-0.15, -0.1) is 6.58 Å². The van der Waals surface area contributed by atoms with Gasteiger partial charge in [0.25, 0.3) is 0 Å². The first kappa shape index (κ1) is 42.9. The summed E-state index contributed by atoms with van der Waals surface area (Å²) in [6.07, 6.45) is 10.1. The zero-order valence-corrected chi connectivity index (χ0v) is 35.3. The molecule has 0 radical (unpaired) electrons. The van der Waals surface area contributed by atoms with Gasteiger partial charge in [0.1, 0.15) is 36.1 Å². The highest BCUT2D eigenvalue weighted by atomic mass is 16.7. The van der Waals surface area contributed by atoms with Crippen molar-refractivity contribution in [2.24, 2.45) is 22.9 Å². The van der Waals surface area contributed by atoms with Gasteiger partial charge in [0.15, 0.2) is 0 Å². The summed E-state index contributed by atoms with van der Waals surface area (Å²) < 4.78 is 26.6. The zero-order valence-electron chi connectivity index (χ0n) is 35.3. The van der Waals surface area contributed by atoms with E-state index in [1.54, 1.807) is 20.3 Å². The number of hydrogen-bond donors (Lipinski definition) is 2. The molecule has 60 heavy (non-hydrogen) atoms. The van der Waals surface area contributed by atoms with Gasteiger partial charge in [-0.3, -0.25) is 4.79 Å². The van der Waals surface area contributed by atoms with Crippen LogP contribution in [0.2, 0.25) is 0 Å². The van der Waals surface area contributed by atoms with Gasteiger partial charge in [-0.1, -0.05) is 79.5 Å². The van der Waals surface area contributed by atoms with E-state index in [1.165, 1.54) is 0 Å². The lowest BCUT2D eigenvalue weighted by Crippen LogP contribution is -2.70. The molecule has 1 saturated carbocycles. The molecule has 6 unspecified atom stereocenters. The number of ether oxygens (including phenoxy) is 4. The van der Waals surface area contributed by atoms with Crippen LogP contribution < -0.4 is 14.2 Å². The van der Waals surface area contributed by atoms with Crippen LogP contribution in [0.15, 0.2) is 114 Å². The summed E-state index contributed by atoms with van der Waals surface area (Å²) in [5.74, 6) is 1.09. The van der Waals surface area contributed by atoms with E-state index in [1.807, 2.05) is 59.5 Å². The summed E-state index contributed by atoms with van der Waals surface area (Å²) in [6, 6.07) is 27.4. The third kappa shape index (κ3) is 8.97. The van der Waals surface area contributed by atoms with Crippen molar-refractivity contribution in [1.29, 1.82) is 0 Å². The van der Waals surface area contributed by atoms with E-state index in [2.05, 4.69) is 49.9 Å². The fourth-order valence-corrected chi connectivity index (χ4v) is 9.94. The van der Waals surface area contributed by atoms with Gasteiger partial charge in [0.2, 0.25) is 11.7 Å². The largest absolute Gasteiger partial charge is 0.497 e. The van der Waals surface area contributed by atoms with Crippen molar-refractivity contribution in [2.45, 2.75) is 82.5 Å². The lowest BCUT2D eigenvalue weighted by Gasteiger charge is -2.60. The molecule has 10 heteroatoms. The highest BCUT2D eigenvalue weighted by molar-refractivity contribution is 6.03. The van der Waals surface area contributed by atoms with Crippen LogP contribution in [0.4, 0.5) is 0 Å². The quantitative estimate of drug-likeness (QED) is 0.0515. The number of hydrogen-bond acceptors (Lipinski definition) is 9. The van der Waals surface area contributed by atoms with Gasteiger partial charge >= 0.3 is 0 Å². The number of amides is 1. The first-order valence-corrected chi connectivity index (χ1v) is 21.6. The number of nitrogens with zero attached hydrogens (tertiary/aromatic N) is 2. The van der Waals surface area contributed by atoms with E-state index < -0.39 is 17.7 Å². The Hall–Kier alpha value is -5.16. The smallest absolute Gasteiger partial charge is 0.239 e. The van der Waals surface area contributed by atoms with Gasteiger partial charge in [-0.25, -0.2) is 0 Å². The van der Waals surface area contributed by atoms with Gasteiger partial charge < -0.3 is 38.9 Å². The molecular weight excluding hydrogens is 757 g/mol. The molecule has 3 aliphatic rings. The molecule has 0 saturated heterocycles. The number of oxime groups is 1. The number of unbranched alkanes of at least 4 members (excludes halogenated alkanes) is 2. The molecule has 1 fully saturated rings. The van der Waals surface area contributed by atoms with Crippen LogP contribution in [0.25, 0.3) is 10.8 Å². The molecule has 6 atom stereocenters. The lowest BCUT2D eigenvalue weighted by molar-refractivity contribution is -0.257. The van der Waals surface area contributed by atoms with E-state index >= 15 is 0 Å². The van der Waals surface area contributed by atoms with Crippen LogP contribution in [-0.4, -0.2) is 79.1 Å². The van der Waals surface area contributed by atoms with E-state index in [4.69, 9.17) is 28.9 Å². The maximum atomic E-state index is 14.8. The molecule has 2 aliphatic carbocycles. The fraction of sp³-hybridized carbons (Fsp3) is 0.440. The molecular formula is C50H60N2O8. The molecule has 1 amide bonds. The Labute approximate surface area is 354 Å². The second kappa shape index (κ2) is 19.9. The molecule has 7 rings (SSSR count). The number of carbonyl (C=O) groups excluding carboxylic acids is 1. The van der Waals surface area contributed by atoms with Crippen molar-refractivity contribution in [3.63, 3.8) is 0 Å². The minimum Gasteiger partial charge on any atom is -0.497 e. The minimum atomic E-state index is -1.32. The highest BCUT2D eigenvalue weighted by Gasteiger charge is 2.65. The molecule has 0 bridgehead atoms. The Balaban J connectivity index is 1.40. The zero-order chi connectivity index (χ0) is 42.1. The van der Waals surface area contributed by atoms with Crippen molar-refractivity contribution < 1.29 is 38.8 Å². The molecule has 0 spiro atoms. The number of rotatable bonds is 20. The van der Waals surface area contributed by atoms with Gasteiger partial charge in [0, 0.05) is 37.7 Å². The van der Waals surface area contributed by atoms with Gasteiger partial charge in [0.05, 0.1) is 31.8 Å². The normalized spacial score (nSPS) is 23.5. The summed E-state index contributed by atoms with van der Waals surface area (Å²) in [4.78, 5) is 22.3. The van der Waals surface area contributed by atoms with Crippen molar-refractivity contribution in [2.75, 3.05) is 40.6 Å². The number of benzene rings is 4. The van der Waals surface area contributed by atoms with Crippen molar-refractivity contribution in [3.8, 4) is 23.0 Å². The van der Waals surface area contributed by atoms with Crippen LogP contribution in [0.3, 0.4) is 0 Å². The summed E-state index contributed by atoms with van der Waals surface area (Å²) in [5.41, 5.74) is 3.62. The summed E-state index contributed by atoms with van der Waals surface area (Å²) >= 11 is 0. The summed E-state index contributed by atoms with van der Waals surface area (Å²) in [6.45, 7) is 7.04. The van der Waals surface area contributed by atoms with E-state index in [-0.39, 0.29) is 49.9 Å². The van der Waals surface area contributed by atoms with Crippen LogP contribution in [-0.2, 0) is 20.8 Å². The Bertz CT molecular complexity index is 2170. The Morgan fingerprint density at radius 3 is 2.43 bits per heavy atom. The number of methoxy groups -OCH3 is 1. The summed E-state index contributed by atoms with van der Waals surface area (Å²) in [7, 11) is 3.19. The number of allylic oxidation sites excluding steroid dienone is 1. The molecule has 318 valence electrons. The first-order chi connectivity index (χ1) is 29.4. The molecule has 10 nitrogen and oxygen atoms in total. The predicted octanol–water partition coefficient (Wildman–Crippen LogP) is 9.39. The Kier molecular flexibility index (Phi) is 14.3. The highest BCUT2D eigenvalue weighted by Crippen LogP contribution is 2.62. The maximum absolute atomic E-state index is 14.8. The summed E-state index contributed by atoms with van der Waals surface area (Å²) in [5, 5.41) is 26.8. The average Bonchev–Trinajstić information content (AvgIpc) is 3.26. The number of carbonyl (C=O) groups is 1. The maximum Gasteiger partial charge on any atom is 0.239 e. The molecule has 4 aromatic carbocycles. The third-order valence-corrected chi connectivity index (χ3v) is 12.5. The second-order valence-corrected chi connectivity index (χ2v) is 16.2. The number of fused-ring (bicyclic) bond motifs is 3.